The van der Waals surface area contributed by atoms with Gasteiger partial charge < -0.3 is 15.5 Å². The molecule has 1 saturated carbocycles. The van der Waals surface area contributed by atoms with Gasteiger partial charge in [0, 0.05) is 45.3 Å². The number of nitrogens with zero attached hydrogens (tertiary/aromatic N) is 3. The molecule has 0 aromatic rings. The van der Waals surface area contributed by atoms with E-state index in [9.17, 15) is 14.4 Å². The Morgan fingerprint density at radius 1 is 1.10 bits per heavy atom. The lowest BCUT2D eigenvalue weighted by Crippen LogP contribution is -2.50. The second kappa shape index (κ2) is 9.18. The van der Waals surface area contributed by atoms with Gasteiger partial charge in [-0.3, -0.25) is 19.4 Å². The molecular formula is C20H34ClN5O3. The molecule has 0 radical (unpaired) electrons. The van der Waals surface area contributed by atoms with Gasteiger partial charge >= 0.3 is 6.03 Å². The summed E-state index contributed by atoms with van der Waals surface area (Å²) in [5.74, 6) is 0.330. The van der Waals surface area contributed by atoms with Crippen molar-refractivity contribution >= 4 is 30.3 Å². The van der Waals surface area contributed by atoms with Crippen LogP contribution in [0.5, 0.6) is 0 Å². The van der Waals surface area contributed by atoms with Gasteiger partial charge in [0.1, 0.15) is 12.1 Å². The molecule has 3 saturated heterocycles. The Morgan fingerprint density at radius 2 is 1.79 bits per heavy atom. The number of rotatable bonds is 4. The molecule has 4 amide bonds. The standard InChI is InChI=1S/C20H33N5O3.ClH/c1-2-15-3-6-20(7-4-15)18(27)25(19(28)22-20)14-17(26)24-10-5-16(13-24)23-11-8-21-9-12-23;/h15-16,21H,2-14H2,1H3,(H,22,28);1H. The van der Waals surface area contributed by atoms with Crippen molar-refractivity contribution in [3.05, 3.63) is 0 Å². The summed E-state index contributed by atoms with van der Waals surface area (Å²) in [5.41, 5.74) is -0.766. The summed E-state index contributed by atoms with van der Waals surface area (Å²) in [6, 6.07) is -0.00373. The fourth-order valence-electron chi connectivity index (χ4n) is 5.29. The maximum atomic E-state index is 13.0. The van der Waals surface area contributed by atoms with Crippen LogP contribution in [0.4, 0.5) is 4.79 Å². The molecule has 0 aromatic carbocycles. The molecular weight excluding hydrogens is 394 g/mol. The number of nitrogens with one attached hydrogen (secondary N) is 2. The van der Waals surface area contributed by atoms with E-state index in [0.717, 1.165) is 56.8 Å². The van der Waals surface area contributed by atoms with Gasteiger partial charge in [0.15, 0.2) is 0 Å². The van der Waals surface area contributed by atoms with Gasteiger partial charge in [-0.05, 0) is 38.0 Å². The summed E-state index contributed by atoms with van der Waals surface area (Å²) >= 11 is 0. The van der Waals surface area contributed by atoms with Crippen LogP contribution in [0.25, 0.3) is 0 Å². The van der Waals surface area contributed by atoms with Gasteiger partial charge in [-0.15, -0.1) is 12.4 Å². The molecule has 8 nitrogen and oxygen atoms in total. The largest absolute Gasteiger partial charge is 0.340 e. The van der Waals surface area contributed by atoms with E-state index < -0.39 is 11.6 Å². The first-order valence-corrected chi connectivity index (χ1v) is 10.9. The monoisotopic (exact) mass is 427 g/mol. The van der Waals surface area contributed by atoms with Crippen molar-refractivity contribution in [1.29, 1.82) is 0 Å². The van der Waals surface area contributed by atoms with E-state index in [-0.39, 0.29) is 30.8 Å². The minimum absolute atomic E-state index is 0. The number of imide groups is 1. The molecule has 1 atom stereocenters. The zero-order valence-corrected chi connectivity index (χ0v) is 18.1. The van der Waals surface area contributed by atoms with Gasteiger partial charge in [0.25, 0.3) is 5.91 Å². The van der Waals surface area contributed by atoms with Crippen molar-refractivity contribution in [2.75, 3.05) is 45.8 Å². The second-order valence-electron chi connectivity index (χ2n) is 8.82. The second-order valence-corrected chi connectivity index (χ2v) is 8.82. The third-order valence-electron chi connectivity index (χ3n) is 7.26. The van der Waals surface area contributed by atoms with Crippen molar-refractivity contribution in [3.8, 4) is 0 Å². The number of amides is 4. The minimum atomic E-state index is -0.766. The summed E-state index contributed by atoms with van der Waals surface area (Å²) in [5, 5.41) is 6.28. The van der Waals surface area contributed by atoms with E-state index in [0.29, 0.717) is 37.9 Å². The topological polar surface area (TPSA) is 85.0 Å². The smallest absolute Gasteiger partial charge is 0.325 e. The predicted octanol–water partition coefficient (Wildman–Crippen LogP) is 0.805. The first kappa shape index (κ1) is 22.3. The fraction of sp³-hybridized carbons (Fsp3) is 0.850. The SMILES string of the molecule is CCC1CCC2(CC1)NC(=O)N(CC(=O)N1CCC(N3CCNCC3)C1)C2=O.Cl. The van der Waals surface area contributed by atoms with Crippen molar-refractivity contribution in [3.63, 3.8) is 0 Å². The Kier molecular flexibility index (Phi) is 7.06. The van der Waals surface area contributed by atoms with E-state index in [2.05, 4.69) is 22.5 Å². The summed E-state index contributed by atoms with van der Waals surface area (Å²) in [7, 11) is 0. The van der Waals surface area contributed by atoms with Crippen LogP contribution in [0.3, 0.4) is 0 Å². The van der Waals surface area contributed by atoms with Gasteiger partial charge in [0.2, 0.25) is 5.91 Å². The van der Waals surface area contributed by atoms with Crippen molar-refractivity contribution in [2.24, 2.45) is 5.92 Å². The summed E-state index contributed by atoms with van der Waals surface area (Å²) in [6.07, 6.45) is 5.38. The van der Waals surface area contributed by atoms with Crippen LogP contribution in [0.1, 0.15) is 45.4 Å². The van der Waals surface area contributed by atoms with Crippen LogP contribution < -0.4 is 10.6 Å². The number of hydrogen-bond acceptors (Lipinski definition) is 5. The summed E-state index contributed by atoms with van der Waals surface area (Å²) in [4.78, 5) is 43.7. The molecule has 9 heteroatoms. The zero-order chi connectivity index (χ0) is 19.7. The Hall–Kier alpha value is -1.38. The number of halogens is 1. The zero-order valence-electron chi connectivity index (χ0n) is 17.3. The normalized spacial score (nSPS) is 33.1. The molecule has 4 rings (SSSR count). The first-order valence-electron chi connectivity index (χ1n) is 10.9. The number of hydrogen-bond donors (Lipinski definition) is 2. The predicted molar refractivity (Wildman–Crippen MR) is 112 cm³/mol. The van der Waals surface area contributed by atoms with Crippen molar-refractivity contribution in [1.82, 2.24) is 25.3 Å². The van der Waals surface area contributed by atoms with Crippen LogP contribution in [0.15, 0.2) is 0 Å². The molecule has 1 unspecified atom stereocenters. The van der Waals surface area contributed by atoms with Gasteiger partial charge in [-0.25, -0.2) is 4.79 Å². The van der Waals surface area contributed by atoms with Gasteiger partial charge in [0.05, 0.1) is 0 Å². The number of piperazine rings is 1. The lowest BCUT2D eigenvalue weighted by Gasteiger charge is -2.34. The number of urea groups is 1. The molecule has 1 aliphatic carbocycles. The lowest BCUT2D eigenvalue weighted by atomic mass is 9.75. The maximum Gasteiger partial charge on any atom is 0.325 e. The quantitative estimate of drug-likeness (QED) is 0.648. The first-order chi connectivity index (χ1) is 13.5. The molecule has 0 aromatic heterocycles. The lowest BCUT2D eigenvalue weighted by molar-refractivity contribution is -0.139. The van der Waals surface area contributed by atoms with Crippen LogP contribution >= 0.6 is 12.4 Å². The highest BCUT2D eigenvalue weighted by atomic mass is 35.5. The van der Waals surface area contributed by atoms with Crippen LogP contribution in [-0.2, 0) is 9.59 Å². The Balaban J connectivity index is 0.00000240. The van der Waals surface area contributed by atoms with Crippen molar-refractivity contribution in [2.45, 2.75) is 57.0 Å². The van der Waals surface area contributed by atoms with Crippen LogP contribution in [-0.4, -0.2) is 89.9 Å². The van der Waals surface area contributed by atoms with Gasteiger partial charge in [-0.1, -0.05) is 13.3 Å². The molecule has 4 aliphatic rings. The van der Waals surface area contributed by atoms with E-state index in [1.807, 2.05) is 4.90 Å². The Labute approximate surface area is 179 Å². The molecule has 1 spiro atoms. The molecule has 4 fully saturated rings. The van der Waals surface area contributed by atoms with Crippen LogP contribution in [0, 0.1) is 5.92 Å². The highest BCUT2D eigenvalue weighted by Gasteiger charge is 2.52. The fourth-order valence-corrected chi connectivity index (χ4v) is 5.29. The van der Waals surface area contributed by atoms with E-state index in [1.54, 1.807) is 0 Å². The molecule has 3 aliphatic heterocycles. The number of carbonyl (C=O) groups is 3. The Bertz CT molecular complexity index is 632. The van der Waals surface area contributed by atoms with E-state index >= 15 is 0 Å². The van der Waals surface area contributed by atoms with E-state index in [4.69, 9.17) is 0 Å². The average molecular weight is 428 g/mol. The summed E-state index contributed by atoms with van der Waals surface area (Å²) in [6.45, 7) is 7.47. The average Bonchev–Trinajstić information content (AvgIpc) is 3.30. The molecule has 29 heavy (non-hydrogen) atoms. The maximum absolute atomic E-state index is 13.0. The van der Waals surface area contributed by atoms with Crippen molar-refractivity contribution < 1.29 is 14.4 Å². The number of likely N-dealkylation sites (tertiary alicyclic amines) is 1. The van der Waals surface area contributed by atoms with Gasteiger partial charge in [-0.2, -0.15) is 0 Å². The molecule has 0 bridgehead atoms. The number of carbonyl (C=O) groups excluding carboxylic acids is 3. The molecule has 2 N–H and O–H groups in total. The summed E-state index contributed by atoms with van der Waals surface area (Å²) < 4.78 is 0. The molecule has 3 heterocycles. The third kappa shape index (κ3) is 4.39. The Morgan fingerprint density at radius 3 is 2.45 bits per heavy atom. The minimum Gasteiger partial charge on any atom is -0.340 e. The third-order valence-corrected chi connectivity index (χ3v) is 7.26. The highest BCUT2D eigenvalue weighted by molar-refractivity contribution is 6.09. The van der Waals surface area contributed by atoms with Crippen LogP contribution in [0.2, 0.25) is 0 Å². The van der Waals surface area contributed by atoms with E-state index in [1.165, 1.54) is 0 Å². The highest BCUT2D eigenvalue weighted by Crippen LogP contribution is 2.37. The molecule has 164 valence electrons.